The molecule has 7 heteroatoms. The number of aromatic nitrogens is 1. The number of carbonyl (C=O) groups is 1. The SMILES string of the molecule is CC(OC(=O)c1nc2ccccc2o1)[N+](=O)[O-]. The van der Waals surface area contributed by atoms with E-state index in [0.717, 1.165) is 6.92 Å². The van der Waals surface area contributed by atoms with Gasteiger partial charge >= 0.3 is 18.1 Å². The molecule has 0 aliphatic heterocycles. The van der Waals surface area contributed by atoms with Crippen LogP contribution in [0, 0.1) is 10.1 Å². The van der Waals surface area contributed by atoms with E-state index < -0.39 is 17.1 Å². The highest BCUT2D eigenvalue weighted by molar-refractivity contribution is 5.88. The summed E-state index contributed by atoms with van der Waals surface area (Å²) in [4.78, 5) is 24.9. The van der Waals surface area contributed by atoms with Crippen LogP contribution in [-0.2, 0) is 4.74 Å². The van der Waals surface area contributed by atoms with E-state index >= 15 is 0 Å². The van der Waals surface area contributed by atoms with Crippen LogP contribution in [0.15, 0.2) is 28.7 Å². The average Bonchev–Trinajstić information content (AvgIpc) is 2.72. The fourth-order valence-corrected chi connectivity index (χ4v) is 1.21. The molecule has 0 radical (unpaired) electrons. The molecule has 2 rings (SSSR count). The van der Waals surface area contributed by atoms with Gasteiger partial charge in [-0.3, -0.25) is 10.1 Å². The molecule has 1 unspecified atom stereocenters. The van der Waals surface area contributed by atoms with Crippen LogP contribution in [0.5, 0.6) is 0 Å². The molecule has 0 saturated heterocycles. The number of benzene rings is 1. The Kier molecular flexibility index (Phi) is 2.73. The highest BCUT2D eigenvalue weighted by atomic mass is 16.7. The number of ether oxygens (including phenoxy) is 1. The summed E-state index contributed by atoms with van der Waals surface area (Å²) in [6, 6.07) is 6.75. The van der Waals surface area contributed by atoms with Gasteiger partial charge in [-0.1, -0.05) is 12.1 Å². The van der Waals surface area contributed by atoms with E-state index in [1.165, 1.54) is 0 Å². The number of carbonyl (C=O) groups excluding carboxylic acids is 1. The summed E-state index contributed by atoms with van der Waals surface area (Å²) >= 11 is 0. The molecule has 0 spiro atoms. The zero-order valence-electron chi connectivity index (χ0n) is 8.82. The maximum atomic E-state index is 11.4. The smallest absolute Gasteiger partial charge is 0.399 e. The van der Waals surface area contributed by atoms with Gasteiger partial charge in [0, 0.05) is 6.92 Å². The molecule has 0 amide bonds. The number of oxazole rings is 1. The van der Waals surface area contributed by atoms with Crippen molar-refractivity contribution in [1.82, 2.24) is 4.98 Å². The van der Waals surface area contributed by atoms with E-state index in [2.05, 4.69) is 9.72 Å². The molecular formula is C10H8N2O5. The van der Waals surface area contributed by atoms with E-state index in [0.29, 0.717) is 11.1 Å². The maximum Gasteiger partial charge on any atom is 0.399 e. The normalized spacial score (nSPS) is 12.3. The average molecular weight is 236 g/mol. The van der Waals surface area contributed by atoms with Crippen molar-refractivity contribution in [3.05, 3.63) is 40.3 Å². The fourth-order valence-electron chi connectivity index (χ4n) is 1.21. The topological polar surface area (TPSA) is 95.5 Å². The van der Waals surface area contributed by atoms with Crippen LogP contribution in [0.25, 0.3) is 11.1 Å². The summed E-state index contributed by atoms with van der Waals surface area (Å²) in [6.45, 7) is 1.15. The van der Waals surface area contributed by atoms with E-state index in [1.54, 1.807) is 24.3 Å². The Morgan fingerprint density at radius 2 is 2.24 bits per heavy atom. The third-order valence-electron chi connectivity index (χ3n) is 2.04. The van der Waals surface area contributed by atoms with Gasteiger partial charge in [-0.15, -0.1) is 0 Å². The Bertz CT molecular complexity index is 544. The van der Waals surface area contributed by atoms with Crippen molar-refractivity contribution >= 4 is 17.1 Å². The second-order valence-corrected chi connectivity index (χ2v) is 3.28. The van der Waals surface area contributed by atoms with Gasteiger partial charge in [-0.05, 0) is 12.1 Å². The number of rotatable bonds is 3. The molecule has 1 aromatic heterocycles. The summed E-state index contributed by atoms with van der Waals surface area (Å²) in [5.41, 5.74) is 0.918. The van der Waals surface area contributed by atoms with E-state index in [4.69, 9.17) is 4.42 Å². The van der Waals surface area contributed by atoms with Gasteiger partial charge in [0.25, 0.3) is 0 Å². The first-order valence-corrected chi connectivity index (χ1v) is 4.78. The van der Waals surface area contributed by atoms with Crippen molar-refractivity contribution in [1.29, 1.82) is 0 Å². The molecule has 17 heavy (non-hydrogen) atoms. The van der Waals surface area contributed by atoms with Gasteiger partial charge in [0.1, 0.15) is 5.52 Å². The molecule has 1 atom stereocenters. The van der Waals surface area contributed by atoms with Crippen LogP contribution in [0.4, 0.5) is 0 Å². The molecule has 7 nitrogen and oxygen atoms in total. The molecule has 0 saturated carbocycles. The third-order valence-corrected chi connectivity index (χ3v) is 2.04. The Balaban J connectivity index is 2.22. The van der Waals surface area contributed by atoms with Gasteiger partial charge in [0.15, 0.2) is 5.58 Å². The lowest BCUT2D eigenvalue weighted by molar-refractivity contribution is -0.561. The zero-order chi connectivity index (χ0) is 12.4. The quantitative estimate of drug-likeness (QED) is 0.347. The standard InChI is InChI=1S/C10H8N2O5/c1-6(12(14)15)16-10(13)9-11-7-4-2-3-5-8(7)17-9/h2-6H,1H3. The summed E-state index contributed by atoms with van der Waals surface area (Å²) in [7, 11) is 0. The number of nitro groups is 1. The van der Waals surface area contributed by atoms with E-state index in [9.17, 15) is 14.9 Å². The van der Waals surface area contributed by atoms with E-state index in [-0.39, 0.29) is 5.89 Å². The van der Waals surface area contributed by atoms with Crippen LogP contribution in [-0.4, -0.2) is 22.1 Å². The number of fused-ring (bicyclic) bond motifs is 1. The van der Waals surface area contributed by atoms with Crippen molar-refractivity contribution in [2.24, 2.45) is 0 Å². The largest absolute Gasteiger partial charge is 0.431 e. The Morgan fingerprint density at radius 1 is 1.53 bits per heavy atom. The highest BCUT2D eigenvalue weighted by Crippen LogP contribution is 2.15. The zero-order valence-corrected chi connectivity index (χ0v) is 8.82. The maximum absolute atomic E-state index is 11.4. The summed E-state index contributed by atoms with van der Waals surface area (Å²) in [5, 5.41) is 10.3. The van der Waals surface area contributed by atoms with Crippen molar-refractivity contribution in [2.45, 2.75) is 13.2 Å². The monoisotopic (exact) mass is 236 g/mol. The third kappa shape index (κ3) is 2.22. The van der Waals surface area contributed by atoms with Crippen molar-refractivity contribution in [2.75, 3.05) is 0 Å². The lowest BCUT2D eigenvalue weighted by Crippen LogP contribution is -2.23. The number of hydrogen-bond donors (Lipinski definition) is 0. The molecule has 0 aliphatic carbocycles. The number of nitrogens with zero attached hydrogens (tertiary/aromatic N) is 2. The molecule has 1 heterocycles. The molecular weight excluding hydrogens is 228 g/mol. The van der Waals surface area contributed by atoms with Gasteiger partial charge < -0.3 is 9.15 Å². The van der Waals surface area contributed by atoms with E-state index in [1.807, 2.05) is 0 Å². The van der Waals surface area contributed by atoms with Crippen LogP contribution in [0.2, 0.25) is 0 Å². The summed E-state index contributed by atoms with van der Waals surface area (Å²) in [6.07, 6.45) is -1.43. The predicted molar refractivity (Wildman–Crippen MR) is 55.9 cm³/mol. The summed E-state index contributed by atoms with van der Waals surface area (Å²) in [5.74, 6) is -1.25. The first-order chi connectivity index (χ1) is 8.08. The lowest BCUT2D eigenvalue weighted by atomic mass is 10.3. The van der Waals surface area contributed by atoms with Crippen LogP contribution >= 0.6 is 0 Å². The first kappa shape index (κ1) is 11.1. The van der Waals surface area contributed by atoms with Gasteiger partial charge in [-0.2, -0.15) is 0 Å². The number of hydrogen-bond acceptors (Lipinski definition) is 6. The Morgan fingerprint density at radius 3 is 2.88 bits per heavy atom. The molecule has 0 N–H and O–H groups in total. The minimum atomic E-state index is -1.43. The molecule has 0 fully saturated rings. The number of esters is 1. The van der Waals surface area contributed by atoms with Gasteiger partial charge in [0.05, 0.1) is 4.92 Å². The highest BCUT2D eigenvalue weighted by Gasteiger charge is 2.23. The molecule has 1 aromatic carbocycles. The van der Waals surface area contributed by atoms with Crippen molar-refractivity contribution in [3.8, 4) is 0 Å². The van der Waals surface area contributed by atoms with Crippen molar-refractivity contribution in [3.63, 3.8) is 0 Å². The van der Waals surface area contributed by atoms with Crippen molar-refractivity contribution < 1.29 is 18.9 Å². The minimum absolute atomic E-state index is 0.292. The lowest BCUT2D eigenvalue weighted by Gasteiger charge is -2.02. The molecule has 0 bridgehead atoms. The first-order valence-electron chi connectivity index (χ1n) is 4.78. The van der Waals surface area contributed by atoms with Gasteiger partial charge in [-0.25, -0.2) is 9.78 Å². The predicted octanol–water partition coefficient (Wildman–Crippen LogP) is 1.61. The second-order valence-electron chi connectivity index (χ2n) is 3.28. The van der Waals surface area contributed by atoms with Gasteiger partial charge in [0.2, 0.25) is 0 Å². The second kappa shape index (κ2) is 4.20. The Labute approximate surface area is 95.1 Å². The number of para-hydroxylation sites is 2. The van der Waals surface area contributed by atoms with Crippen LogP contribution in [0.1, 0.15) is 17.6 Å². The van der Waals surface area contributed by atoms with Crippen LogP contribution in [0.3, 0.4) is 0 Å². The van der Waals surface area contributed by atoms with Crippen LogP contribution < -0.4 is 0 Å². The summed E-state index contributed by atoms with van der Waals surface area (Å²) < 4.78 is 9.64. The Hall–Kier alpha value is -2.44. The molecule has 2 aromatic rings. The minimum Gasteiger partial charge on any atom is -0.431 e. The fraction of sp³-hybridized carbons (Fsp3) is 0.200. The molecule has 88 valence electrons. The molecule has 0 aliphatic rings.